The molecule has 0 aromatic rings. The van der Waals surface area contributed by atoms with Crippen LogP contribution in [-0.4, -0.2) is 46.9 Å². The highest BCUT2D eigenvalue weighted by Crippen LogP contribution is 2.18. The molecule has 0 rings (SSSR count). The fourth-order valence-electron chi connectivity index (χ4n) is 2.42. The van der Waals surface area contributed by atoms with Gasteiger partial charge in [-0.05, 0) is 11.8 Å². The lowest BCUT2D eigenvalue weighted by molar-refractivity contribution is 0.102. The van der Waals surface area contributed by atoms with E-state index in [1.165, 1.54) is 0 Å². The van der Waals surface area contributed by atoms with Crippen molar-refractivity contribution >= 4 is 0 Å². The summed E-state index contributed by atoms with van der Waals surface area (Å²) >= 11 is 0. The van der Waals surface area contributed by atoms with Gasteiger partial charge >= 0.3 is 0 Å². The maximum absolute atomic E-state index is 8.80. The van der Waals surface area contributed by atoms with Gasteiger partial charge in [0.2, 0.25) is 0 Å². The predicted octanol–water partition coefficient (Wildman–Crippen LogP) is 2.05. The normalized spacial score (nSPS) is 12.8. The van der Waals surface area contributed by atoms with Gasteiger partial charge in [0.25, 0.3) is 0 Å². The number of rotatable bonds is 10. The Kier molecular flexibility index (Phi) is 16.9. The van der Waals surface area contributed by atoms with E-state index in [0.29, 0.717) is 11.8 Å². The molecule has 0 amide bonds. The van der Waals surface area contributed by atoms with E-state index in [0.717, 1.165) is 25.7 Å². The van der Waals surface area contributed by atoms with Crippen LogP contribution in [0.3, 0.4) is 0 Å². The molecule has 20 heavy (non-hydrogen) atoms. The summed E-state index contributed by atoms with van der Waals surface area (Å²) in [6, 6.07) is 0. The first-order valence-electron chi connectivity index (χ1n) is 7.99. The molecule has 0 aliphatic carbocycles. The summed E-state index contributed by atoms with van der Waals surface area (Å²) < 4.78 is 0. The van der Waals surface area contributed by atoms with Gasteiger partial charge in [0.1, 0.15) is 0 Å². The van der Waals surface area contributed by atoms with Gasteiger partial charge in [0.05, 0.1) is 0 Å². The second-order valence-corrected chi connectivity index (χ2v) is 5.59. The summed E-state index contributed by atoms with van der Waals surface area (Å²) in [5.41, 5.74) is 0. The summed E-state index contributed by atoms with van der Waals surface area (Å²) in [5.74, 6) is 1.10. The first kappa shape index (κ1) is 22.1. The van der Waals surface area contributed by atoms with Crippen molar-refractivity contribution in [2.75, 3.05) is 26.4 Å². The van der Waals surface area contributed by atoms with E-state index >= 15 is 0 Å². The molecular formula is C16H36O4. The summed E-state index contributed by atoms with van der Waals surface area (Å²) in [7, 11) is 0. The van der Waals surface area contributed by atoms with Gasteiger partial charge in [-0.3, -0.25) is 0 Å². The van der Waals surface area contributed by atoms with Crippen LogP contribution < -0.4 is 0 Å². The average molecular weight is 292 g/mol. The number of hydrogen-bond acceptors (Lipinski definition) is 4. The Labute approximate surface area is 124 Å². The van der Waals surface area contributed by atoms with Gasteiger partial charge in [-0.25, -0.2) is 0 Å². The minimum atomic E-state index is 0.0833. The van der Waals surface area contributed by atoms with E-state index < -0.39 is 0 Å². The van der Waals surface area contributed by atoms with Crippen LogP contribution in [0, 0.1) is 23.7 Å². The third-order valence-electron chi connectivity index (χ3n) is 4.20. The van der Waals surface area contributed by atoms with Gasteiger partial charge in [-0.2, -0.15) is 0 Å². The molecule has 0 heterocycles. The van der Waals surface area contributed by atoms with E-state index in [1.807, 2.05) is 0 Å². The van der Waals surface area contributed by atoms with E-state index in [1.54, 1.807) is 0 Å². The highest BCUT2D eigenvalue weighted by molar-refractivity contribution is 4.65. The first-order valence-corrected chi connectivity index (χ1v) is 7.99. The number of hydrogen-bond donors (Lipinski definition) is 4. The van der Waals surface area contributed by atoms with Crippen LogP contribution in [0.15, 0.2) is 0 Å². The molecule has 4 heteroatoms. The van der Waals surface area contributed by atoms with Crippen molar-refractivity contribution in [3.05, 3.63) is 0 Å². The van der Waals surface area contributed by atoms with Crippen molar-refractivity contribution in [3.63, 3.8) is 0 Å². The van der Waals surface area contributed by atoms with Crippen molar-refractivity contribution in [2.24, 2.45) is 23.7 Å². The molecule has 0 aromatic heterocycles. The quantitative estimate of drug-likeness (QED) is 0.497. The lowest BCUT2D eigenvalue weighted by Crippen LogP contribution is -2.21. The van der Waals surface area contributed by atoms with Crippen LogP contribution in [0.4, 0.5) is 0 Å². The molecule has 0 fully saturated rings. The first-order chi connectivity index (χ1) is 9.55. The standard InChI is InChI=1S/2C8H18O2/c1-3-4-7(2)8(5-9)6-10;1-3-7(4-2)8(5-9)6-10/h2*7-10H,3-6H2,1-2H3. The predicted molar refractivity (Wildman–Crippen MR) is 83.5 cm³/mol. The topological polar surface area (TPSA) is 80.9 Å². The van der Waals surface area contributed by atoms with Crippen LogP contribution in [0.5, 0.6) is 0 Å². The minimum absolute atomic E-state index is 0.0833. The molecular weight excluding hydrogens is 256 g/mol. The van der Waals surface area contributed by atoms with Crippen LogP contribution >= 0.6 is 0 Å². The zero-order valence-electron chi connectivity index (χ0n) is 13.8. The Morgan fingerprint density at radius 3 is 1.25 bits per heavy atom. The molecule has 0 bridgehead atoms. The molecule has 0 aliphatic heterocycles. The van der Waals surface area contributed by atoms with Crippen molar-refractivity contribution in [2.45, 2.75) is 53.4 Å². The number of aliphatic hydroxyl groups excluding tert-OH is 4. The second-order valence-electron chi connectivity index (χ2n) is 5.59. The molecule has 4 N–H and O–H groups in total. The Balaban J connectivity index is 0. The summed E-state index contributed by atoms with van der Waals surface area (Å²) in [4.78, 5) is 0. The summed E-state index contributed by atoms with van der Waals surface area (Å²) in [5, 5.41) is 35.1. The summed E-state index contributed by atoms with van der Waals surface area (Å²) in [6.45, 7) is 8.81. The molecule has 0 aliphatic rings. The smallest absolute Gasteiger partial charge is 0.0483 e. The molecule has 4 nitrogen and oxygen atoms in total. The Hall–Kier alpha value is -0.160. The zero-order valence-corrected chi connectivity index (χ0v) is 13.8. The van der Waals surface area contributed by atoms with Crippen LogP contribution in [0.2, 0.25) is 0 Å². The molecule has 1 unspecified atom stereocenters. The Bertz CT molecular complexity index is 165. The van der Waals surface area contributed by atoms with Gasteiger partial charge < -0.3 is 20.4 Å². The molecule has 0 saturated heterocycles. The van der Waals surface area contributed by atoms with E-state index in [9.17, 15) is 0 Å². The maximum Gasteiger partial charge on any atom is 0.0483 e. The van der Waals surface area contributed by atoms with Gasteiger partial charge in [-0.1, -0.05) is 53.4 Å². The van der Waals surface area contributed by atoms with Crippen LogP contribution in [-0.2, 0) is 0 Å². The van der Waals surface area contributed by atoms with E-state index in [-0.39, 0.29) is 38.3 Å². The van der Waals surface area contributed by atoms with Crippen LogP contribution in [0.1, 0.15) is 53.4 Å². The third kappa shape index (κ3) is 9.70. The third-order valence-corrected chi connectivity index (χ3v) is 4.20. The van der Waals surface area contributed by atoms with Crippen LogP contribution in [0.25, 0.3) is 0 Å². The molecule has 0 aromatic carbocycles. The van der Waals surface area contributed by atoms with Crippen molar-refractivity contribution in [1.29, 1.82) is 0 Å². The maximum atomic E-state index is 8.80. The molecule has 124 valence electrons. The van der Waals surface area contributed by atoms with Gasteiger partial charge in [-0.15, -0.1) is 0 Å². The fraction of sp³-hybridized carbons (Fsp3) is 1.00. The Morgan fingerprint density at radius 2 is 1.05 bits per heavy atom. The van der Waals surface area contributed by atoms with Crippen molar-refractivity contribution in [3.8, 4) is 0 Å². The zero-order chi connectivity index (χ0) is 16.0. The monoisotopic (exact) mass is 292 g/mol. The number of aliphatic hydroxyl groups is 4. The largest absolute Gasteiger partial charge is 0.396 e. The van der Waals surface area contributed by atoms with E-state index in [2.05, 4.69) is 27.7 Å². The molecule has 0 saturated carbocycles. The lowest BCUT2D eigenvalue weighted by atomic mass is 9.89. The highest BCUT2D eigenvalue weighted by atomic mass is 16.3. The molecule has 0 spiro atoms. The van der Waals surface area contributed by atoms with Gasteiger partial charge in [0, 0.05) is 38.3 Å². The molecule has 0 radical (unpaired) electrons. The van der Waals surface area contributed by atoms with Crippen molar-refractivity contribution < 1.29 is 20.4 Å². The second kappa shape index (κ2) is 15.2. The highest BCUT2D eigenvalue weighted by Gasteiger charge is 2.15. The Morgan fingerprint density at radius 1 is 0.650 bits per heavy atom. The van der Waals surface area contributed by atoms with Crippen molar-refractivity contribution in [1.82, 2.24) is 0 Å². The lowest BCUT2D eigenvalue weighted by Gasteiger charge is -2.20. The van der Waals surface area contributed by atoms with Gasteiger partial charge in [0.15, 0.2) is 0 Å². The summed E-state index contributed by atoms with van der Waals surface area (Å²) in [6.07, 6.45) is 4.30. The molecule has 1 atom stereocenters. The minimum Gasteiger partial charge on any atom is -0.396 e. The SMILES string of the molecule is CCC(CC)C(CO)CO.CCCC(C)C(CO)CO. The average Bonchev–Trinajstić information content (AvgIpc) is 2.47. The fourth-order valence-corrected chi connectivity index (χ4v) is 2.42. The van der Waals surface area contributed by atoms with E-state index in [4.69, 9.17) is 20.4 Å².